The molecule has 1 aliphatic heterocycles. The minimum atomic E-state index is -4.14. The molecule has 1 atom stereocenters. The van der Waals surface area contributed by atoms with Crippen molar-refractivity contribution >= 4 is 17.6 Å². The summed E-state index contributed by atoms with van der Waals surface area (Å²) in [6.45, 7) is 10.2. The molecule has 3 heterocycles. The third-order valence-electron chi connectivity index (χ3n) is 7.70. The number of alkyl carbamates (subject to hydrolysis) is 1. The first-order valence-electron chi connectivity index (χ1n) is 13.4. The number of halogens is 3. The minimum absolute atomic E-state index is 0.0205. The van der Waals surface area contributed by atoms with Gasteiger partial charge in [-0.3, -0.25) is 4.79 Å². The Labute approximate surface area is 221 Å². The number of nitrogens with zero attached hydrogens (tertiary/aromatic N) is 4. The van der Waals surface area contributed by atoms with Crippen LogP contribution < -0.4 is 5.32 Å². The molecular weight excluding hydrogens is 499 g/mol. The van der Waals surface area contributed by atoms with E-state index in [1.165, 1.54) is 0 Å². The Morgan fingerprint density at radius 3 is 2.39 bits per heavy atom. The summed E-state index contributed by atoms with van der Waals surface area (Å²) >= 11 is 0. The lowest BCUT2D eigenvalue weighted by Gasteiger charge is -2.34. The average Bonchev–Trinajstić information content (AvgIpc) is 3.25. The third kappa shape index (κ3) is 6.40. The highest BCUT2D eigenvalue weighted by Gasteiger charge is 2.42. The number of ether oxygens (including phenoxy) is 1. The van der Waals surface area contributed by atoms with E-state index in [4.69, 9.17) is 14.8 Å². The molecule has 11 heteroatoms. The number of aromatic nitrogens is 3. The molecule has 2 aromatic heterocycles. The molecule has 0 radical (unpaired) electrons. The molecule has 1 saturated carbocycles. The number of hydrogen-bond donors (Lipinski definition) is 1. The molecular formula is C27H38F3N5O3. The molecule has 4 rings (SSSR count). The summed E-state index contributed by atoms with van der Waals surface area (Å²) in [7, 11) is 0. The number of hydrogen-bond acceptors (Lipinski definition) is 5. The van der Waals surface area contributed by atoms with E-state index in [1.54, 1.807) is 25.7 Å². The van der Waals surface area contributed by atoms with E-state index in [0.717, 1.165) is 35.5 Å². The van der Waals surface area contributed by atoms with E-state index in [-0.39, 0.29) is 37.1 Å². The lowest BCUT2D eigenvalue weighted by atomic mass is 9.80. The number of carbonyl (C=O) groups excluding carboxylic acids is 2. The van der Waals surface area contributed by atoms with Crippen molar-refractivity contribution in [2.45, 2.75) is 96.8 Å². The van der Waals surface area contributed by atoms with E-state index in [9.17, 15) is 22.8 Å². The van der Waals surface area contributed by atoms with Crippen LogP contribution in [0.5, 0.6) is 0 Å². The fourth-order valence-electron chi connectivity index (χ4n) is 5.64. The predicted octanol–water partition coefficient (Wildman–Crippen LogP) is 5.41. The van der Waals surface area contributed by atoms with Crippen molar-refractivity contribution in [1.29, 1.82) is 0 Å². The van der Waals surface area contributed by atoms with Gasteiger partial charge >= 0.3 is 12.3 Å². The topological polar surface area (TPSA) is 88.8 Å². The molecule has 2 aromatic rings. The Hall–Kier alpha value is -2.85. The molecule has 1 saturated heterocycles. The largest absolute Gasteiger partial charge is 0.444 e. The van der Waals surface area contributed by atoms with Gasteiger partial charge in [-0.2, -0.15) is 18.3 Å². The normalized spacial score (nSPS) is 22.9. The van der Waals surface area contributed by atoms with Crippen molar-refractivity contribution in [1.82, 2.24) is 24.8 Å². The first-order chi connectivity index (χ1) is 17.7. The van der Waals surface area contributed by atoms with Gasteiger partial charge in [0.25, 0.3) is 0 Å². The SMILES string of the molecule is Cc1nc2cc(C3CCC(C(F)(F)F)CC3)nn2c([C@@H]2CCCN(C(=O)CNC(=O)OC(C)(C)C)C2)c1C. The Kier molecular flexibility index (Phi) is 7.95. The number of likely N-dealkylation sites (tertiary alicyclic amines) is 1. The van der Waals surface area contributed by atoms with E-state index < -0.39 is 23.8 Å². The van der Waals surface area contributed by atoms with Crippen LogP contribution in [-0.2, 0) is 9.53 Å². The van der Waals surface area contributed by atoms with Gasteiger partial charge in [-0.15, -0.1) is 0 Å². The van der Waals surface area contributed by atoms with Crippen molar-refractivity contribution in [2.24, 2.45) is 5.92 Å². The monoisotopic (exact) mass is 537 g/mol. The number of carbonyl (C=O) groups is 2. The van der Waals surface area contributed by atoms with Crippen LogP contribution in [0.4, 0.5) is 18.0 Å². The molecule has 0 unspecified atom stereocenters. The van der Waals surface area contributed by atoms with Crippen molar-refractivity contribution in [3.8, 4) is 0 Å². The van der Waals surface area contributed by atoms with Crippen molar-refractivity contribution < 1.29 is 27.5 Å². The van der Waals surface area contributed by atoms with Crippen LogP contribution in [0, 0.1) is 19.8 Å². The van der Waals surface area contributed by atoms with E-state index in [0.29, 0.717) is 31.6 Å². The van der Waals surface area contributed by atoms with Crippen LogP contribution in [0.1, 0.15) is 93.8 Å². The maximum absolute atomic E-state index is 13.1. The summed E-state index contributed by atoms with van der Waals surface area (Å²) in [5.74, 6) is -1.41. The lowest BCUT2D eigenvalue weighted by Crippen LogP contribution is -2.45. The molecule has 2 amide bonds. The van der Waals surface area contributed by atoms with Crippen molar-refractivity contribution in [3.63, 3.8) is 0 Å². The molecule has 2 fully saturated rings. The Morgan fingerprint density at radius 2 is 1.76 bits per heavy atom. The second-order valence-corrected chi connectivity index (χ2v) is 11.7. The summed E-state index contributed by atoms with van der Waals surface area (Å²) in [6.07, 6.45) is -1.94. The second-order valence-electron chi connectivity index (χ2n) is 11.7. The van der Waals surface area contributed by atoms with Crippen LogP contribution in [0.15, 0.2) is 6.07 Å². The minimum Gasteiger partial charge on any atom is -0.444 e. The first kappa shape index (κ1) is 28.2. The maximum atomic E-state index is 13.1. The molecule has 0 spiro atoms. The lowest BCUT2D eigenvalue weighted by molar-refractivity contribution is -0.182. The van der Waals surface area contributed by atoms with Gasteiger partial charge < -0.3 is 15.0 Å². The van der Waals surface area contributed by atoms with Crippen LogP contribution in [0.25, 0.3) is 5.65 Å². The van der Waals surface area contributed by atoms with Crippen LogP contribution in [0.2, 0.25) is 0 Å². The van der Waals surface area contributed by atoms with Gasteiger partial charge in [0.15, 0.2) is 5.65 Å². The third-order valence-corrected chi connectivity index (χ3v) is 7.70. The Morgan fingerprint density at radius 1 is 1.08 bits per heavy atom. The predicted molar refractivity (Wildman–Crippen MR) is 136 cm³/mol. The number of amides is 2. The number of alkyl halides is 3. The Balaban J connectivity index is 1.50. The molecule has 2 aliphatic rings. The highest BCUT2D eigenvalue weighted by Crippen LogP contribution is 2.43. The van der Waals surface area contributed by atoms with Gasteiger partial charge in [0.05, 0.1) is 17.3 Å². The van der Waals surface area contributed by atoms with Crippen LogP contribution >= 0.6 is 0 Å². The number of aryl methyl sites for hydroxylation is 1. The zero-order valence-corrected chi connectivity index (χ0v) is 22.8. The van der Waals surface area contributed by atoms with E-state index >= 15 is 0 Å². The van der Waals surface area contributed by atoms with Gasteiger partial charge in [-0.1, -0.05) is 0 Å². The van der Waals surface area contributed by atoms with Crippen molar-refractivity contribution in [3.05, 3.63) is 28.7 Å². The van der Waals surface area contributed by atoms with Crippen molar-refractivity contribution in [2.75, 3.05) is 19.6 Å². The van der Waals surface area contributed by atoms with Crippen LogP contribution in [0.3, 0.4) is 0 Å². The smallest absolute Gasteiger partial charge is 0.408 e. The van der Waals surface area contributed by atoms with Gasteiger partial charge in [-0.05, 0) is 78.7 Å². The maximum Gasteiger partial charge on any atom is 0.408 e. The fraction of sp³-hybridized carbons (Fsp3) is 0.704. The molecule has 0 bridgehead atoms. The average molecular weight is 538 g/mol. The standard InChI is InChI=1S/C27H38F3N5O3/c1-16-17(2)32-22-13-21(18-8-10-20(11-9-18)27(28,29)30)33-35(22)24(16)19-7-6-12-34(15-19)23(36)14-31-25(37)38-26(3,4)5/h13,18-20H,6-12,14-15H2,1-5H3,(H,31,37)/t18?,19-,20?/m1/s1. The first-order valence-corrected chi connectivity index (χ1v) is 13.4. The number of fused-ring (bicyclic) bond motifs is 1. The molecule has 38 heavy (non-hydrogen) atoms. The summed E-state index contributed by atoms with van der Waals surface area (Å²) in [5, 5.41) is 7.40. The van der Waals surface area contributed by atoms with E-state index in [2.05, 4.69) is 5.32 Å². The zero-order valence-electron chi connectivity index (χ0n) is 22.8. The summed E-state index contributed by atoms with van der Waals surface area (Å²) in [6, 6.07) is 1.91. The number of rotatable bonds is 4. The number of nitrogens with one attached hydrogen (secondary N) is 1. The zero-order chi connectivity index (χ0) is 27.8. The highest BCUT2D eigenvalue weighted by atomic mass is 19.4. The van der Waals surface area contributed by atoms with Gasteiger partial charge in [0.1, 0.15) is 12.1 Å². The molecule has 8 nitrogen and oxygen atoms in total. The fourth-order valence-corrected chi connectivity index (χ4v) is 5.64. The van der Waals surface area contributed by atoms with E-state index in [1.807, 2.05) is 24.4 Å². The summed E-state index contributed by atoms with van der Waals surface area (Å²) in [5.41, 5.74) is 3.68. The van der Waals surface area contributed by atoms with Gasteiger partial charge in [0, 0.05) is 36.7 Å². The molecule has 210 valence electrons. The molecule has 1 aliphatic carbocycles. The summed E-state index contributed by atoms with van der Waals surface area (Å²) < 4.78 is 46.5. The highest BCUT2D eigenvalue weighted by molar-refractivity contribution is 5.82. The second kappa shape index (κ2) is 10.7. The van der Waals surface area contributed by atoms with Crippen LogP contribution in [-0.4, -0.2) is 62.9 Å². The van der Waals surface area contributed by atoms with Gasteiger partial charge in [-0.25, -0.2) is 14.3 Å². The van der Waals surface area contributed by atoms with Gasteiger partial charge in [0.2, 0.25) is 5.91 Å². The quantitative estimate of drug-likeness (QED) is 0.563. The number of piperidine rings is 1. The summed E-state index contributed by atoms with van der Waals surface area (Å²) in [4.78, 5) is 31.4. The Bertz CT molecular complexity index is 1180. The molecule has 0 aromatic carbocycles. The molecule has 1 N–H and O–H groups in total.